The first kappa shape index (κ1) is 12.8. The van der Waals surface area contributed by atoms with Gasteiger partial charge < -0.3 is 10.6 Å². The quantitative estimate of drug-likeness (QED) is 0.912. The number of rotatable bonds is 5. The molecule has 0 saturated heterocycles. The molecule has 2 N–H and O–H groups in total. The van der Waals surface area contributed by atoms with Gasteiger partial charge in [-0.25, -0.2) is 9.97 Å². The van der Waals surface area contributed by atoms with Crippen LogP contribution in [0.2, 0.25) is 0 Å². The Bertz CT molecular complexity index is 562. The summed E-state index contributed by atoms with van der Waals surface area (Å²) in [6.45, 7) is 3.74. The number of aryl methyl sites for hydroxylation is 1. The lowest BCUT2D eigenvalue weighted by Gasteiger charge is -2.38. The predicted molar refractivity (Wildman–Crippen MR) is 80.8 cm³/mol. The summed E-state index contributed by atoms with van der Waals surface area (Å²) < 4.78 is 0. The van der Waals surface area contributed by atoms with E-state index in [-0.39, 0.29) is 0 Å². The molecule has 1 saturated carbocycles. The number of anilines is 1. The standard InChI is InChI=1S/C14H20N4S/c1-2-11-8-12-13(16-9-17-14(12)19-11)18(7-6-15)10-4-3-5-10/h8-10H,2-7,15H2,1H3. The molecular weight excluding hydrogens is 256 g/mol. The topological polar surface area (TPSA) is 55.0 Å². The van der Waals surface area contributed by atoms with Crippen molar-refractivity contribution in [3.8, 4) is 0 Å². The van der Waals surface area contributed by atoms with E-state index in [0.29, 0.717) is 12.6 Å². The van der Waals surface area contributed by atoms with Gasteiger partial charge in [0, 0.05) is 24.0 Å². The molecule has 0 bridgehead atoms. The molecule has 1 aliphatic carbocycles. The summed E-state index contributed by atoms with van der Waals surface area (Å²) in [6, 6.07) is 2.86. The lowest BCUT2D eigenvalue weighted by Crippen LogP contribution is -2.43. The third-order valence-electron chi connectivity index (χ3n) is 3.87. The SMILES string of the molecule is CCc1cc2c(N(CCN)C3CCC3)ncnc2s1. The minimum absolute atomic E-state index is 0.617. The fourth-order valence-corrected chi connectivity index (χ4v) is 3.52. The van der Waals surface area contributed by atoms with E-state index in [9.17, 15) is 0 Å². The average Bonchev–Trinajstić information content (AvgIpc) is 2.79. The third kappa shape index (κ3) is 2.32. The fraction of sp³-hybridized carbons (Fsp3) is 0.571. The zero-order valence-electron chi connectivity index (χ0n) is 11.3. The van der Waals surface area contributed by atoms with Crippen LogP contribution in [0.4, 0.5) is 5.82 Å². The maximum absolute atomic E-state index is 5.78. The maximum atomic E-state index is 5.78. The molecule has 1 aliphatic rings. The number of hydrogen-bond acceptors (Lipinski definition) is 5. The number of fused-ring (bicyclic) bond motifs is 1. The highest BCUT2D eigenvalue weighted by Crippen LogP contribution is 2.34. The Kier molecular flexibility index (Phi) is 3.66. The average molecular weight is 276 g/mol. The molecule has 2 aromatic rings. The number of hydrogen-bond donors (Lipinski definition) is 1. The number of aromatic nitrogens is 2. The first-order chi connectivity index (χ1) is 9.33. The Morgan fingerprint density at radius 3 is 2.89 bits per heavy atom. The van der Waals surface area contributed by atoms with Gasteiger partial charge in [-0.15, -0.1) is 11.3 Å². The van der Waals surface area contributed by atoms with Gasteiger partial charge in [0.2, 0.25) is 0 Å². The number of nitrogens with zero attached hydrogens (tertiary/aromatic N) is 3. The molecular formula is C14H20N4S. The van der Waals surface area contributed by atoms with Gasteiger partial charge in [-0.1, -0.05) is 6.92 Å². The normalized spacial score (nSPS) is 15.7. The highest BCUT2D eigenvalue weighted by atomic mass is 32.1. The zero-order chi connectivity index (χ0) is 13.2. The van der Waals surface area contributed by atoms with Gasteiger partial charge in [-0.3, -0.25) is 0 Å². The van der Waals surface area contributed by atoms with Crippen molar-refractivity contribution < 1.29 is 0 Å². The Morgan fingerprint density at radius 2 is 2.26 bits per heavy atom. The monoisotopic (exact) mass is 276 g/mol. The van der Waals surface area contributed by atoms with Crippen LogP contribution in [0.1, 0.15) is 31.1 Å². The third-order valence-corrected chi connectivity index (χ3v) is 5.05. The van der Waals surface area contributed by atoms with E-state index in [4.69, 9.17) is 5.73 Å². The van der Waals surface area contributed by atoms with Gasteiger partial charge in [0.05, 0.1) is 5.39 Å². The molecule has 0 amide bonds. The first-order valence-corrected chi connectivity index (χ1v) is 7.85. The van der Waals surface area contributed by atoms with E-state index < -0.39 is 0 Å². The first-order valence-electron chi connectivity index (χ1n) is 7.03. The Hall–Kier alpha value is -1.20. The summed E-state index contributed by atoms with van der Waals surface area (Å²) in [4.78, 5) is 13.8. The molecule has 0 aliphatic heterocycles. The van der Waals surface area contributed by atoms with Crippen molar-refractivity contribution in [3.05, 3.63) is 17.3 Å². The molecule has 19 heavy (non-hydrogen) atoms. The van der Waals surface area contributed by atoms with Crippen molar-refractivity contribution in [3.63, 3.8) is 0 Å². The molecule has 0 aromatic carbocycles. The number of thiophene rings is 1. The largest absolute Gasteiger partial charge is 0.352 e. The van der Waals surface area contributed by atoms with Crippen LogP contribution in [0.25, 0.3) is 10.2 Å². The summed E-state index contributed by atoms with van der Waals surface area (Å²) in [6.07, 6.45) is 6.59. The van der Waals surface area contributed by atoms with Crippen molar-refractivity contribution in [1.29, 1.82) is 0 Å². The summed E-state index contributed by atoms with van der Waals surface area (Å²) >= 11 is 1.78. The summed E-state index contributed by atoms with van der Waals surface area (Å²) in [5.74, 6) is 1.08. The minimum atomic E-state index is 0.617. The highest BCUT2D eigenvalue weighted by molar-refractivity contribution is 7.18. The predicted octanol–water partition coefficient (Wildman–Crippen LogP) is 2.57. The molecule has 0 atom stereocenters. The molecule has 5 heteroatoms. The molecule has 1 fully saturated rings. The van der Waals surface area contributed by atoms with E-state index >= 15 is 0 Å². The molecule has 2 aromatic heterocycles. The Morgan fingerprint density at radius 1 is 1.42 bits per heavy atom. The van der Waals surface area contributed by atoms with E-state index in [1.165, 1.54) is 29.5 Å². The lowest BCUT2D eigenvalue weighted by molar-refractivity contribution is 0.386. The van der Waals surface area contributed by atoms with E-state index in [1.807, 2.05) is 0 Å². The van der Waals surface area contributed by atoms with Crippen LogP contribution < -0.4 is 10.6 Å². The van der Waals surface area contributed by atoms with Crippen molar-refractivity contribution in [2.45, 2.75) is 38.6 Å². The second kappa shape index (κ2) is 5.43. The van der Waals surface area contributed by atoms with E-state index in [1.54, 1.807) is 17.7 Å². The van der Waals surface area contributed by atoms with Gasteiger partial charge in [0.15, 0.2) is 0 Å². The number of nitrogens with two attached hydrogens (primary N) is 1. The van der Waals surface area contributed by atoms with Crippen molar-refractivity contribution in [1.82, 2.24) is 9.97 Å². The zero-order valence-corrected chi connectivity index (χ0v) is 12.1. The Balaban J connectivity index is 2.03. The smallest absolute Gasteiger partial charge is 0.141 e. The van der Waals surface area contributed by atoms with Crippen LogP contribution in [0, 0.1) is 0 Å². The van der Waals surface area contributed by atoms with E-state index in [0.717, 1.165) is 23.6 Å². The van der Waals surface area contributed by atoms with Gasteiger partial charge in [-0.05, 0) is 31.7 Å². The maximum Gasteiger partial charge on any atom is 0.141 e. The van der Waals surface area contributed by atoms with Gasteiger partial charge in [0.25, 0.3) is 0 Å². The van der Waals surface area contributed by atoms with Gasteiger partial charge >= 0.3 is 0 Å². The minimum Gasteiger partial charge on any atom is -0.352 e. The summed E-state index contributed by atoms with van der Waals surface area (Å²) in [5, 5.41) is 1.20. The van der Waals surface area contributed by atoms with Gasteiger partial charge in [0.1, 0.15) is 17.0 Å². The second-order valence-corrected chi connectivity index (χ2v) is 6.16. The second-order valence-electron chi connectivity index (χ2n) is 5.05. The van der Waals surface area contributed by atoms with Crippen molar-refractivity contribution in [2.24, 2.45) is 5.73 Å². The molecule has 0 unspecified atom stereocenters. The Labute approximate surface area is 117 Å². The highest BCUT2D eigenvalue weighted by Gasteiger charge is 2.27. The van der Waals surface area contributed by atoms with Crippen molar-refractivity contribution >= 4 is 27.4 Å². The molecule has 2 heterocycles. The van der Waals surface area contributed by atoms with Gasteiger partial charge in [-0.2, -0.15) is 0 Å². The molecule has 3 rings (SSSR count). The van der Waals surface area contributed by atoms with E-state index in [2.05, 4.69) is 27.9 Å². The van der Waals surface area contributed by atoms with Crippen LogP contribution in [0.15, 0.2) is 12.4 Å². The summed E-state index contributed by atoms with van der Waals surface area (Å²) in [7, 11) is 0. The molecule has 0 spiro atoms. The van der Waals surface area contributed by atoms with Crippen LogP contribution in [-0.4, -0.2) is 29.1 Å². The fourth-order valence-electron chi connectivity index (χ4n) is 2.59. The van der Waals surface area contributed by atoms with Crippen LogP contribution in [0.5, 0.6) is 0 Å². The van der Waals surface area contributed by atoms with Crippen molar-refractivity contribution in [2.75, 3.05) is 18.0 Å². The van der Waals surface area contributed by atoms with Crippen LogP contribution in [0.3, 0.4) is 0 Å². The molecule has 0 radical (unpaired) electrons. The molecule has 4 nitrogen and oxygen atoms in total. The van der Waals surface area contributed by atoms with Crippen LogP contribution >= 0.6 is 11.3 Å². The van der Waals surface area contributed by atoms with Crippen LogP contribution in [-0.2, 0) is 6.42 Å². The summed E-state index contributed by atoms with van der Waals surface area (Å²) in [5.41, 5.74) is 5.78. The molecule has 102 valence electrons. The lowest BCUT2D eigenvalue weighted by atomic mass is 9.91.